The molecule has 4 atom stereocenters. The van der Waals surface area contributed by atoms with E-state index >= 15 is 0 Å². The molecule has 6 heterocycles. The lowest BCUT2D eigenvalue weighted by Crippen LogP contribution is -2.37. The van der Waals surface area contributed by atoms with Gasteiger partial charge in [-0.05, 0) is 62.1 Å². The van der Waals surface area contributed by atoms with E-state index in [1.165, 1.54) is 0 Å². The zero-order valence-electron chi connectivity index (χ0n) is 35.6. The van der Waals surface area contributed by atoms with Gasteiger partial charge in [0.2, 0.25) is 11.9 Å². The molecule has 19 nitrogen and oxygen atoms in total. The van der Waals surface area contributed by atoms with E-state index in [1.807, 2.05) is 65.8 Å². The summed E-state index contributed by atoms with van der Waals surface area (Å²) in [6.07, 6.45) is 5.75. The summed E-state index contributed by atoms with van der Waals surface area (Å²) in [5.74, 6) is 3.44. The topological polar surface area (TPSA) is 207 Å². The van der Waals surface area contributed by atoms with Gasteiger partial charge in [-0.1, -0.05) is 27.7 Å². The normalized spacial score (nSPS) is 17.4. The van der Waals surface area contributed by atoms with Crippen molar-refractivity contribution in [3.63, 3.8) is 0 Å². The smallest absolute Gasteiger partial charge is 0.415 e. The average molecular weight is 845 g/mol. The molecule has 19 heteroatoms. The molecule has 0 radical (unpaired) electrons. The van der Waals surface area contributed by atoms with Gasteiger partial charge in [-0.2, -0.15) is 9.97 Å². The van der Waals surface area contributed by atoms with Crippen LogP contribution < -0.4 is 29.9 Å². The molecule has 4 aromatic rings. The Morgan fingerprint density at radius 2 is 0.967 bits per heavy atom. The number of cyclic esters (lactones) is 2. The average Bonchev–Trinajstić information content (AvgIpc) is 3.85. The van der Waals surface area contributed by atoms with E-state index in [1.54, 1.807) is 46.7 Å². The lowest BCUT2D eigenvalue weighted by Gasteiger charge is -2.23. The Balaban J connectivity index is 0.778. The number of nitrogens with one attached hydrogen (secondary N) is 2. The number of hydrogen-bond donors (Lipinski definition) is 2. The highest BCUT2D eigenvalue weighted by Crippen LogP contribution is 2.28. The Labute approximate surface area is 355 Å². The minimum Gasteiger partial charge on any atom is -0.490 e. The molecule has 2 N–H and O–H groups in total. The van der Waals surface area contributed by atoms with E-state index in [0.717, 1.165) is 11.4 Å². The summed E-state index contributed by atoms with van der Waals surface area (Å²) < 4.78 is 38.9. The van der Waals surface area contributed by atoms with Crippen molar-refractivity contribution in [2.24, 2.45) is 11.8 Å². The van der Waals surface area contributed by atoms with Crippen LogP contribution in [0.2, 0.25) is 0 Å². The molecule has 328 valence electrons. The predicted octanol–water partition coefficient (Wildman–Crippen LogP) is 5.87. The molecule has 0 bridgehead atoms. The fraction of sp³-hybridized carbons (Fsp3) is 0.524. The highest BCUT2D eigenvalue weighted by atomic mass is 16.6. The molecule has 2 fully saturated rings. The number of amides is 2. The number of nitrogens with zero attached hydrogens (tertiary/aromatic N) is 8. The minimum atomic E-state index is -0.404. The van der Waals surface area contributed by atoms with Crippen LogP contribution in [0, 0.1) is 11.8 Å². The van der Waals surface area contributed by atoms with Crippen molar-refractivity contribution in [3.05, 3.63) is 72.6 Å². The number of anilines is 4. The first-order valence-electron chi connectivity index (χ1n) is 20.6. The Kier molecular flexibility index (Phi) is 16.2. The van der Waals surface area contributed by atoms with Gasteiger partial charge in [0, 0.05) is 12.4 Å². The van der Waals surface area contributed by atoms with Crippen LogP contribution in [0.1, 0.15) is 65.0 Å². The van der Waals surface area contributed by atoms with Gasteiger partial charge in [-0.15, -0.1) is 0 Å². The van der Waals surface area contributed by atoms with E-state index < -0.39 is 12.2 Å². The van der Waals surface area contributed by atoms with Crippen molar-refractivity contribution in [3.8, 4) is 11.5 Å². The van der Waals surface area contributed by atoms with Crippen molar-refractivity contribution >= 4 is 35.7 Å². The van der Waals surface area contributed by atoms with Crippen molar-refractivity contribution in [1.82, 2.24) is 29.9 Å². The molecular weight excluding hydrogens is 789 g/mol. The van der Waals surface area contributed by atoms with Gasteiger partial charge in [-0.3, -0.25) is 19.8 Å². The van der Waals surface area contributed by atoms with E-state index in [2.05, 4.69) is 40.5 Å². The van der Waals surface area contributed by atoms with Gasteiger partial charge in [-0.25, -0.2) is 19.6 Å². The van der Waals surface area contributed by atoms with Gasteiger partial charge < -0.3 is 43.8 Å². The number of carbonyl (C=O) groups excluding carboxylic acids is 2. The first kappa shape index (κ1) is 44.6. The highest BCUT2D eigenvalue weighted by Gasteiger charge is 2.38. The highest BCUT2D eigenvalue weighted by molar-refractivity contribution is 5.90. The van der Waals surface area contributed by atoms with Crippen molar-refractivity contribution < 1.29 is 42.7 Å². The van der Waals surface area contributed by atoms with E-state index in [9.17, 15) is 9.59 Å². The van der Waals surface area contributed by atoms with Crippen molar-refractivity contribution in [1.29, 1.82) is 0 Å². The minimum absolute atomic E-state index is 0.0831. The lowest BCUT2D eigenvalue weighted by atomic mass is 10.0. The van der Waals surface area contributed by atoms with Crippen LogP contribution in [0.25, 0.3) is 0 Å². The van der Waals surface area contributed by atoms with Crippen LogP contribution in [-0.2, 0) is 23.7 Å². The molecule has 2 aliphatic rings. The second-order valence-electron chi connectivity index (χ2n) is 15.1. The van der Waals surface area contributed by atoms with Gasteiger partial charge in [0.15, 0.2) is 0 Å². The third-order valence-corrected chi connectivity index (χ3v) is 9.96. The van der Waals surface area contributed by atoms with Crippen LogP contribution >= 0.6 is 0 Å². The van der Waals surface area contributed by atoms with E-state index in [0.29, 0.717) is 101 Å². The third-order valence-electron chi connectivity index (χ3n) is 9.96. The number of rotatable bonds is 24. The molecule has 6 rings (SSSR count). The molecule has 0 saturated carbocycles. The maximum Gasteiger partial charge on any atom is 0.415 e. The molecule has 2 amide bonds. The van der Waals surface area contributed by atoms with Gasteiger partial charge in [0.05, 0.1) is 87.6 Å². The van der Waals surface area contributed by atoms with Crippen molar-refractivity contribution in [2.75, 3.05) is 86.5 Å². The number of carbonyl (C=O) groups is 2. The summed E-state index contributed by atoms with van der Waals surface area (Å²) in [5.41, 5.74) is 1.55. The van der Waals surface area contributed by atoms with Crippen LogP contribution in [0.15, 0.2) is 61.2 Å². The van der Waals surface area contributed by atoms with Crippen LogP contribution in [0.3, 0.4) is 0 Å². The lowest BCUT2D eigenvalue weighted by molar-refractivity contribution is 0.00496. The monoisotopic (exact) mass is 844 g/mol. The molecule has 4 aromatic heterocycles. The van der Waals surface area contributed by atoms with Crippen molar-refractivity contribution in [2.45, 2.75) is 65.7 Å². The standard InChI is InChI=1S/C42H56N10O9/c1-27(2)35-25-60-41(53)51(35)37-11-13-43-39(49-37)47-29(5)33-9-7-31(23-45-33)58-21-19-56-17-15-55-16-18-57-20-22-59-32-8-10-34(46-24-32)30(6)48-40-44-14-12-38(50-40)52-36(28(3)4)26-61-42(52)54/h7-14,23-24,27-30,35-36H,15-22,25-26H2,1-6H3,(H,43,47,49)(H,44,48,50)/t29-,30-,35+,36+/m0/s1. The first-order chi connectivity index (χ1) is 29.6. The number of aromatic nitrogens is 6. The Hall–Kier alpha value is -5.92. The largest absolute Gasteiger partial charge is 0.490 e. The van der Waals surface area contributed by atoms with Gasteiger partial charge in [0.1, 0.15) is 49.6 Å². The zero-order valence-corrected chi connectivity index (χ0v) is 35.6. The Morgan fingerprint density at radius 1 is 0.574 bits per heavy atom. The summed E-state index contributed by atoms with van der Waals surface area (Å²) in [6.45, 7) is 16.0. The summed E-state index contributed by atoms with van der Waals surface area (Å²) in [6, 6.07) is 10.3. The maximum atomic E-state index is 12.4. The predicted molar refractivity (Wildman–Crippen MR) is 225 cm³/mol. The fourth-order valence-electron chi connectivity index (χ4n) is 6.47. The van der Waals surface area contributed by atoms with E-state index in [4.69, 9.17) is 33.2 Å². The molecule has 2 aliphatic heterocycles. The Bertz CT molecular complexity index is 1850. The molecular formula is C42H56N10O9. The molecule has 0 aliphatic carbocycles. The van der Waals surface area contributed by atoms with Crippen LogP contribution in [0.5, 0.6) is 11.5 Å². The fourth-order valence-corrected chi connectivity index (χ4v) is 6.47. The first-order valence-corrected chi connectivity index (χ1v) is 20.6. The molecule has 0 aromatic carbocycles. The second-order valence-corrected chi connectivity index (χ2v) is 15.1. The Morgan fingerprint density at radius 3 is 1.33 bits per heavy atom. The second kappa shape index (κ2) is 22.1. The summed E-state index contributed by atoms with van der Waals surface area (Å²) in [7, 11) is 0. The number of hydrogen-bond acceptors (Lipinski definition) is 17. The summed E-state index contributed by atoms with van der Waals surface area (Å²) in [4.78, 5) is 54.7. The summed E-state index contributed by atoms with van der Waals surface area (Å²) in [5, 5.41) is 6.51. The van der Waals surface area contributed by atoms with E-state index in [-0.39, 0.29) is 36.0 Å². The van der Waals surface area contributed by atoms with Gasteiger partial charge >= 0.3 is 12.2 Å². The number of ether oxygens (including phenoxy) is 7. The number of pyridine rings is 2. The SMILES string of the molecule is CC(C)[C@H]1COC(=O)N1c1ccnc(N[C@@H](C)c2ccc(OCCOCCOCCOCCOc3ccc([C@H](C)Nc4nccc(N5C(=O)OC[C@@H]5C(C)C)n4)nc3)cn2)n1. The van der Waals surface area contributed by atoms with Gasteiger partial charge in [0.25, 0.3) is 0 Å². The molecule has 0 unspecified atom stereocenters. The third kappa shape index (κ3) is 12.6. The quantitative estimate of drug-likeness (QED) is 0.0791. The summed E-state index contributed by atoms with van der Waals surface area (Å²) >= 11 is 0. The molecule has 2 saturated heterocycles. The van der Waals surface area contributed by atoms with Crippen LogP contribution in [-0.4, -0.2) is 120 Å². The van der Waals surface area contributed by atoms with Crippen LogP contribution in [0.4, 0.5) is 33.1 Å². The molecule has 61 heavy (non-hydrogen) atoms. The zero-order chi connectivity index (χ0) is 43.1. The maximum absolute atomic E-state index is 12.4. The molecule has 0 spiro atoms.